The van der Waals surface area contributed by atoms with Gasteiger partial charge in [0.25, 0.3) is 11.5 Å². The Balaban J connectivity index is 1.39. The van der Waals surface area contributed by atoms with E-state index in [9.17, 15) is 22.4 Å². The standard InChI is InChI=1S/C26H20F4N2O2/c27-21-8-3-7-20(15-21)25(26(28,29)30)16-22(31-34-25)17-10-12-19(13-11-17)24(33)32-14-4-6-18-5-1-2-9-23(18)32/h1-3,5,7-13,15H,4,6,14,16H2. The number of aryl methyl sites for hydroxylation is 1. The summed E-state index contributed by atoms with van der Waals surface area (Å²) >= 11 is 0. The molecule has 0 saturated heterocycles. The molecule has 2 aliphatic heterocycles. The van der Waals surface area contributed by atoms with Crippen molar-refractivity contribution in [1.82, 2.24) is 0 Å². The number of carbonyl (C=O) groups excluding carboxylic acids is 1. The molecule has 1 unspecified atom stereocenters. The van der Waals surface area contributed by atoms with Crippen LogP contribution in [0.25, 0.3) is 0 Å². The maximum Gasteiger partial charge on any atom is 0.435 e. The number of carbonyl (C=O) groups is 1. The van der Waals surface area contributed by atoms with E-state index in [0.29, 0.717) is 17.7 Å². The van der Waals surface area contributed by atoms with Crippen LogP contribution in [0.15, 0.2) is 78.0 Å². The molecule has 2 heterocycles. The summed E-state index contributed by atoms with van der Waals surface area (Å²) in [4.78, 5) is 19.8. The predicted octanol–water partition coefficient (Wildman–Crippen LogP) is 6.00. The zero-order valence-electron chi connectivity index (χ0n) is 18.0. The first-order chi connectivity index (χ1) is 16.3. The lowest BCUT2D eigenvalue weighted by Gasteiger charge is -2.29. The van der Waals surface area contributed by atoms with Gasteiger partial charge in [0.2, 0.25) is 0 Å². The quantitative estimate of drug-likeness (QED) is 0.443. The van der Waals surface area contributed by atoms with Crippen LogP contribution in [0.4, 0.5) is 23.2 Å². The minimum atomic E-state index is -4.82. The summed E-state index contributed by atoms with van der Waals surface area (Å²) in [6, 6.07) is 18.3. The summed E-state index contributed by atoms with van der Waals surface area (Å²) in [6.07, 6.45) is -3.66. The van der Waals surface area contributed by atoms with E-state index in [0.717, 1.165) is 36.2 Å². The van der Waals surface area contributed by atoms with Crippen molar-refractivity contribution in [1.29, 1.82) is 0 Å². The maximum atomic E-state index is 14.0. The van der Waals surface area contributed by atoms with Crippen LogP contribution >= 0.6 is 0 Å². The average molecular weight is 468 g/mol. The highest BCUT2D eigenvalue weighted by molar-refractivity contribution is 6.08. The summed E-state index contributed by atoms with van der Waals surface area (Å²) in [6.45, 7) is 0.597. The molecule has 0 bridgehead atoms. The molecule has 2 aliphatic rings. The van der Waals surface area contributed by atoms with Crippen molar-refractivity contribution < 1.29 is 27.2 Å². The molecule has 0 radical (unpaired) electrons. The number of alkyl halides is 3. The summed E-state index contributed by atoms with van der Waals surface area (Å²) < 4.78 is 55.8. The third-order valence-corrected chi connectivity index (χ3v) is 6.30. The zero-order valence-corrected chi connectivity index (χ0v) is 18.0. The van der Waals surface area contributed by atoms with Crippen LogP contribution < -0.4 is 4.90 Å². The van der Waals surface area contributed by atoms with Crippen LogP contribution in [0.2, 0.25) is 0 Å². The van der Waals surface area contributed by atoms with Crippen LogP contribution in [-0.4, -0.2) is 24.3 Å². The molecule has 0 aliphatic carbocycles. The number of benzene rings is 3. The number of amides is 1. The molecule has 0 fully saturated rings. The van der Waals surface area contributed by atoms with Crippen LogP contribution in [0.3, 0.4) is 0 Å². The topological polar surface area (TPSA) is 41.9 Å². The van der Waals surface area contributed by atoms with Gasteiger partial charge in [0.15, 0.2) is 0 Å². The minimum Gasteiger partial charge on any atom is -0.374 e. The van der Waals surface area contributed by atoms with Crippen LogP contribution in [0.5, 0.6) is 0 Å². The van der Waals surface area contributed by atoms with Gasteiger partial charge in [0.05, 0.1) is 5.71 Å². The van der Waals surface area contributed by atoms with E-state index >= 15 is 0 Å². The number of para-hydroxylation sites is 1. The third kappa shape index (κ3) is 3.73. The van der Waals surface area contributed by atoms with E-state index in [1.54, 1.807) is 29.2 Å². The molecule has 34 heavy (non-hydrogen) atoms. The number of hydrogen-bond acceptors (Lipinski definition) is 3. The van der Waals surface area contributed by atoms with Gasteiger partial charge in [-0.25, -0.2) is 4.39 Å². The second kappa shape index (κ2) is 8.27. The van der Waals surface area contributed by atoms with E-state index < -0.39 is 24.0 Å². The van der Waals surface area contributed by atoms with Crippen molar-refractivity contribution in [2.45, 2.75) is 31.0 Å². The largest absolute Gasteiger partial charge is 0.435 e. The maximum absolute atomic E-state index is 14.0. The Morgan fingerprint density at radius 2 is 1.76 bits per heavy atom. The number of anilines is 1. The molecule has 8 heteroatoms. The van der Waals surface area contributed by atoms with Gasteiger partial charge in [-0.05, 0) is 54.3 Å². The van der Waals surface area contributed by atoms with Crippen molar-refractivity contribution in [3.63, 3.8) is 0 Å². The van der Waals surface area contributed by atoms with Gasteiger partial charge < -0.3 is 9.74 Å². The Labute approximate surface area is 193 Å². The van der Waals surface area contributed by atoms with Gasteiger partial charge >= 0.3 is 6.18 Å². The first kappa shape index (κ1) is 22.1. The Bertz CT molecular complexity index is 1270. The number of fused-ring (bicyclic) bond motifs is 1. The van der Waals surface area contributed by atoms with Crippen LogP contribution in [0.1, 0.15) is 39.9 Å². The fourth-order valence-corrected chi connectivity index (χ4v) is 4.50. The zero-order chi connectivity index (χ0) is 23.9. The summed E-state index contributed by atoms with van der Waals surface area (Å²) in [7, 11) is 0. The first-order valence-corrected chi connectivity index (χ1v) is 10.9. The highest BCUT2D eigenvalue weighted by atomic mass is 19.4. The van der Waals surface area contributed by atoms with Gasteiger partial charge in [-0.3, -0.25) is 4.79 Å². The summed E-state index contributed by atoms with van der Waals surface area (Å²) in [5.41, 5.74) is -0.238. The molecule has 0 saturated carbocycles. The van der Waals surface area contributed by atoms with Crippen molar-refractivity contribution in [2.75, 3.05) is 11.4 Å². The first-order valence-electron chi connectivity index (χ1n) is 10.9. The molecule has 3 aromatic carbocycles. The van der Waals surface area contributed by atoms with Gasteiger partial charge in [0, 0.05) is 29.8 Å². The molecule has 174 valence electrons. The predicted molar refractivity (Wildman–Crippen MR) is 119 cm³/mol. The summed E-state index contributed by atoms with van der Waals surface area (Å²) in [5, 5.41) is 3.71. The molecule has 0 N–H and O–H groups in total. The van der Waals surface area contributed by atoms with Crippen LogP contribution in [0, 0.1) is 5.82 Å². The van der Waals surface area contributed by atoms with Crippen molar-refractivity contribution in [2.24, 2.45) is 5.16 Å². The SMILES string of the molecule is O=C(c1ccc(C2=NOC(c3cccc(F)c3)(C(F)(F)F)C2)cc1)N1CCCc2ccccc21. The molecule has 1 amide bonds. The molecule has 4 nitrogen and oxygen atoms in total. The van der Waals surface area contributed by atoms with Gasteiger partial charge in [-0.15, -0.1) is 0 Å². The minimum absolute atomic E-state index is 0.0731. The fourth-order valence-electron chi connectivity index (χ4n) is 4.50. The second-order valence-electron chi connectivity index (χ2n) is 8.41. The van der Waals surface area contributed by atoms with Gasteiger partial charge in [-0.2, -0.15) is 13.2 Å². The molecule has 1 atom stereocenters. The Morgan fingerprint density at radius 3 is 2.50 bits per heavy atom. The number of oxime groups is 1. The van der Waals surface area contributed by atoms with Crippen molar-refractivity contribution >= 4 is 17.3 Å². The van der Waals surface area contributed by atoms with Gasteiger partial charge in [-0.1, -0.05) is 47.6 Å². The van der Waals surface area contributed by atoms with E-state index in [2.05, 4.69) is 5.16 Å². The lowest BCUT2D eigenvalue weighted by molar-refractivity contribution is -0.275. The van der Waals surface area contributed by atoms with Gasteiger partial charge in [0.1, 0.15) is 5.82 Å². The molecule has 5 rings (SSSR count). The Morgan fingerprint density at radius 1 is 1.00 bits per heavy atom. The average Bonchev–Trinajstić information content (AvgIpc) is 3.31. The highest BCUT2D eigenvalue weighted by Crippen LogP contribution is 2.48. The third-order valence-electron chi connectivity index (χ3n) is 6.30. The molecule has 3 aromatic rings. The van der Waals surface area contributed by atoms with E-state index in [4.69, 9.17) is 4.84 Å². The van der Waals surface area contributed by atoms with E-state index in [-0.39, 0.29) is 17.2 Å². The molecule has 0 aromatic heterocycles. The van der Waals surface area contributed by atoms with Crippen molar-refractivity contribution in [3.8, 4) is 0 Å². The lowest BCUT2D eigenvalue weighted by Crippen LogP contribution is -2.42. The highest BCUT2D eigenvalue weighted by Gasteiger charge is 2.62. The number of hydrogen-bond donors (Lipinski definition) is 0. The fraction of sp³-hybridized carbons (Fsp3) is 0.231. The Hall–Kier alpha value is -3.68. The molecular formula is C26H20F4N2O2. The second-order valence-corrected chi connectivity index (χ2v) is 8.41. The normalized spacial score (nSPS) is 19.9. The lowest BCUT2D eigenvalue weighted by atomic mass is 9.86. The van der Waals surface area contributed by atoms with Crippen LogP contribution in [-0.2, 0) is 16.9 Å². The number of halogens is 4. The Kier molecular flexibility index (Phi) is 5.38. The smallest absolute Gasteiger partial charge is 0.374 e. The number of nitrogens with zero attached hydrogens (tertiary/aromatic N) is 2. The van der Waals surface area contributed by atoms with E-state index in [1.165, 1.54) is 12.1 Å². The number of rotatable bonds is 3. The van der Waals surface area contributed by atoms with E-state index in [1.807, 2.05) is 24.3 Å². The molecular weight excluding hydrogens is 448 g/mol. The summed E-state index contributed by atoms with van der Waals surface area (Å²) in [5.74, 6) is -0.965. The molecule has 0 spiro atoms. The van der Waals surface area contributed by atoms with Crippen molar-refractivity contribution in [3.05, 3.63) is 101 Å². The monoisotopic (exact) mass is 468 g/mol.